The third kappa shape index (κ3) is 15.6. The SMILES string of the molecule is Cc1cccc(C)c1-c1nc(-c2ccccc2)nc(-n2c3ccccc3c3cc(-n4c(-c5ccccc5)nc5ccccc54)ccc32)n1.Cc1cccc(C)c1-c1nc(-c2ccccc2)nc(-n2c3ccccc3c3cc(N4c5ccccc5OC4c4ccccc4)ccc32)n1.Cc1cccc(C)c1-c1nc(-c2ccccc2)nc(-n2c3ccccc3c3cc(N4c5ccccc5SC4c4ccccc4)ccc32)n1. The summed E-state index contributed by atoms with van der Waals surface area (Å²) in [4.78, 5) is 57.2. The van der Waals surface area contributed by atoms with Gasteiger partial charge >= 0.3 is 0 Å². The van der Waals surface area contributed by atoms with Crippen LogP contribution in [0.4, 0.5) is 22.7 Å². The molecule has 0 fully saturated rings. The van der Waals surface area contributed by atoms with Crippen LogP contribution in [0.1, 0.15) is 56.1 Å². The van der Waals surface area contributed by atoms with E-state index in [1.165, 1.54) is 16.1 Å². The Kier molecular flexibility index (Phi) is 22.2. The topological polar surface area (TPSA) is 164 Å². The van der Waals surface area contributed by atoms with Gasteiger partial charge in [-0.3, -0.25) is 23.2 Å². The van der Waals surface area contributed by atoms with Crippen LogP contribution in [0.25, 0.3) is 180 Å². The first-order chi connectivity index (χ1) is 70.9. The van der Waals surface area contributed by atoms with Crippen LogP contribution in [0.2, 0.25) is 0 Å². The van der Waals surface area contributed by atoms with Crippen molar-refractivity contribution in [1.82, 2.24) is 68.1 Å². The summed E-state index contributed by atoms with van der Waals surface area (Å²) in [5, 5.41) is 6.89. The first kappa shape index (κ1) is 87.1. The van der Waals surface area contributed by atoms with Crippen molar-refractivity contribution in [2.24, 2.45) is 0 Å². The van der Waals surface area contributed by atoms with Gasteiger partial charge < -0.3 is 9.64 Å². The standard InChI is InChI=1S/C42H30N6.C42H31N5O.C42H31N5S/c1-27-14-13-15-28(2)38(27)40-44-39(29-16-5-3-6-17-29)45-42(46-40)48-35-22-11-9-20-32(35)33-26-31(24-25-36(33)48)47-37-23-12-10-21-34(37)43-41(47)30-18-7-4-8-19-30;2*1-27-14-13-15-28(2)38(27)40-43-39(29-16-5-3-6-17-29)44-42(45-40)47-34-21-10-9-20-32(34)33-26-31(24-25-35(33)47)46-36-22-11-12-23-37(36)48-41(46)30-18-7-4-8-19-30/h3-26H,1-2H3;2*3-26,41H,1-2H3. The summed E-state index contributed by atoms with van der Waals surface area (Å²) in [6, 6.07) is 152. The Balaban J connectivity index is 0.000000113. The Morgan fingerprint density at radius 2 is 0.556 bits per heavy atom. The number of rotatable bonds is 15. The van der Waals surface area contributed by atoms with Crippen molar-refractivity contribution in [3.8, 4) is 109 Å². The molecule has 25 aromatic rings. The maximum absolute atomic E-state index is 6.56. The Morgan fingerprint density at radius 3 is 0.993 bits per heavy atom. The maximum atomic E-state index is 6.56. The van der Waals surface area contributed by atoms with Crippen molar-refractivity contribution in [3.63, 3.8) is 0 Å². The molecule has 2 atom stereocenters. The van der Waals surface area contributed by atoms with Gasteiger partial charge in [-0.05, 0) is 190 Å². The number of anilines is 4. The van der Waals surface area contributed by atoms with E-state index in [0.29, 0.717) is 52.8 Å². The lowest BCUT2D eigenvalue weighted by Gasteiger charge is -2.27. The molecule has 2 aliphatic heterocycles. The van der Waals surface area contributed by atoms with Gasteiger partial charge in [0.2, 0.25) is 24.1 Å². The predicted molar refractivity (Wildman–Crippen MR) is 586 cm³/mol. The molecule has 18 heteroatoms. The van der Waals surface area contributed by atoms with Gasteiger partial charge in [0.15, 0.2) is 34.9 Å². The van der Waals surface area contributed by atoms with Crippen molar-refractivity contribution in [2.45, 2.75) is 58.0 Å². The van der Waals surface area contributed by atoms with Gasteiger partial charge in [0.25, 0.3) is 0 Å². The van der Waals surface area contributed by atoms with Crippen molar-refractivity contribution >= 4 is 111 Å². The highest BCUT2D eigenvalue weighted by Gasteiger charge is 2.37. The van der Waals surface area contributed by atoms with Crippen LogP contribution in [-0.2, 0) is 0 Å². The monoisotopic (exact) mass is 1880 g/mol. The molecule has 27 rings (SSSR count). The summed E-state index contributed by atoms with van der Waals surface area (Å²) >= 11 is 1.90. The Morgan fingerprint density at radius 1 is 0.229 bits per heavy atom. The Bertz CT molecular complexity index is 8860. The largest absolute Gasteiger partial charge is 0.464 e. The summed E-state index contributed by atoms with van der Waals surface area (Å²) in [7, 11) is 0. The second-order valence-corrected chi connectivity index (χ2v) is 37.6. The minimum Gasteiger partial charge on any atom is -0.464 e. The average molecular weight is 1880 g/mol. The van der Waals surface area contributed by atoms with Crippen molar-refractivity contribution < 1.29 is 4.74 Å². The molecule has 0 amide bonds. The zero-order chi connectivity index (χ0) is 96.6. The highest BCUT2D eigenvalue weighted by atomic mass is 32.2. The van der Waals surface area contributed by atoms with Crippen LogP contribution >= 0.6 is 11.8 Å². The summed E-state index contributed by atoms with van der Waals surface area (Å²) in [6.45, 7) is 12.7. The highest BCUT2D eigenvalue weighted by Crippen LogP contribution is 2.56. The molecular weight excluding hydrogens is 1790 g/mol. The smallest absolute Gasteiger partial charge is 0.238 e. The molecule has 0 N–H and O–H groups in total. The second-order valence-electron chi connectivity index (χ2n) is 36.5. The van der Waals surface area contributed by atoms with E-state index < -0.39 is 0 Å². The number of aryl methyl sites for hydroxylation is 6. The van der Waals surface area contributed by atoms with Crippen LogP contribution < -0.4 is 14.5 Å². The van der Waals surface area contributed by atoms with E-state index >= 15 is 0 Å². The Labute approximate surface area is 836 Å². The normalized spacial score (nSPS) is 13.2. The van der Waals surface area contributed by atoms with E-state index in [9.17, 15) is 0 Å². The lowest BCUT2D eigenvalue weighted by Crippen LogP contribution is -2.22. The number of hydrogen-bond donors (Lipinski definition) is 0. The second kappa shape index (κ2) is 36.8. The third-order valence-corrected chi connectivity index (χ3v) is 28.7. The van der Waals surface area contributed by atoms with Gasteiger partial charge in [0.05, 0.1) is 55.5 Å². The zero-order valence-electron chi connectivity index (χ0n) is 79.7. The van der Waals surface area contributed by atoms with Crippen LogP contribution in [0.3, 0.4) is 0 Å². The minimum atomic E-state index is -0.286. The fraction of sp³-hybridized carbons (Fsp3) is 0.0635. The van der Waals surface area contributed by atoms with Gasteiger partial charge in [-0.25, -0.2) is 19.9 Å². The fourth-order valence-electron chi connectivity index (χ4n) is 20.7. The molecule has 0 bridgehead atoms. The van der Waals surface area contributed by atoms with E-state index in [2.05, 4.69) is 397 Å². The number of thioether (sulfide) groups is 1. The fourth-order valence-corrected chi connectivity index (χ4v) is 22.1. The summed E-state index contributed by atoms with van der Waals surface area (Å²) in [5.41, 5.74) is 29.8. The van der Waals surface area contributed by atoms with Gasteiger partial charge in [-0.15, -0.1) is 0 Å². The Hall–Kier alpha value is -18.4. The van der Waals surface area contributed by atoms with Crippen molar-refractivity contribution in [1.29, 1.82) is 0 Å². The maximum Gasteiger partial charge on any atom is 0.238 e. The summed E-state index contributed by atoms with van der Waals surface area (Å²) in [5.74, 6) is 7.46. The lowest BCUT2D eigenvalue weighted by atomic mass is 10.0. The van der Waals surface area contributed by atoms with Crippen molar-refractivity contribution in [3.05, 3.63) is 481 Å². The molecule has 2 aliphatic rings. The van der Waals surface area contributed by atoms with Gasteiger partial charge in [0.1, 0.15) is 16.9 Å². The van der Waals surface area contributed by atoms with E-state index in [-0.39, 0.29) is 11.6 Å². The van der Waals surface area contributed by atoms with Gasteiger partial charge in [-0.2, -0.15) is 29.9 Å². The third-order valence-electron chi connectivity index (χ3n) is 27.4. The van der Waals surface area contributed by atoms with Gasteiger partial charge in [0, 0.05) is 98.8 Å². The van der Waals surface area contributed by atoms with Crippen LogP contribution in [0.15, 0.2) is 442 Å². The number of nitrogens with zero attached hydrogens (tertiary/aromatic N) is 16. The number of aromatic nitrogens is 14. The summed E-state index contributed by atoms with van der Waals surface area (Å²) in [6.07, 6.45) is -0.286. The van der Waals surface area contributed by atoms with E-state index in [1.54, 1.807) is 0 Å². The number of hydrogen-bond acceptors (Lipinski definition) is 14. The molecule has 9 heterocycles. The number of benzene rings is 18. The molecule has 0 aliphatic carbocycles. The molecule has 0 radical (unpaired) electrons. The average Bonchev–Trinajstić information content (AvgIpc) is 1.58. The molecule has 688 valence electrons. The van der Waals surface area contributed by atoms with Crippen LogP contribution in [0, 0.1) is 41.5 Å². The predicted octanol–water partition coefficient (Wildman–Crippen LogP) is 30.9. The molecule has 2 unspecified atom stereocenters. The van der Waals surface area contributed by atoms with Crippen LogP contribution in [-0.4, -0.2) is 68.1 Å². The molecule has 0 spiro atoms. The summed E-state index contributed by atoms with van der Waals surface area (Å²) < 4.78 is 15.3. The van der Waals surface area contributed by atoms with E-state index in [4.69, 9.17) is 54.6 Å². The van der Waals surface area contributed by atoms with E-state index in [1.807, 2.05) is 121 Å². The van der Waals surface area contributed by atoms with Crippen molar-refractivity contribution in [2.75, 3.05) is 9.80 Å². The molecular formula is C126H92N16OS. The minimum absolute atomic E-state index is 0.131. The van der Waals surface area contributed by atoms with E-state index in [0.717, 1.165) is 189 Å². The molecule has 0 saturated heterocycles. The number of fused-ring (bicyclic) bond motifs is 12. The van der Waals surface area contributed by atoms with Gasteiger partial charge in [-0.1, -0.05) is 339 Å². The number of imidazole rings is 1. The zero-order valence-corrected chi connectivity index (χ0v) is 80.5. The molecule has 0 saturated carbocycles. The highest BCUT2D eigenvalue weighted by molar-refractivity contribution is 8.00. The first-order valence-corrected chi connectivity index (χ1v) is 49.3. The number of ether oxygens (including phenoxy) is 1. The quantitative estimate of drug-likeness (QED) is 0.0952. The first-order valence-electron chi connectivity index (χ1n) is 48.4. The molecule has 18 aromatic carbocycles. The number of para-hydroxylation sites is 8. The molecule has 7 aromatic heterocycles. The van der Waals surface area contributed by atoms with Crippen LogP contribution in [0.5, 0.6) is 5.75 Å². The lowest BCUT2D eigenvalue weighted by molar-refractivity contribution is 0.240. The molecule has 17 nitrogen and oxygen atoms in total. The molecule has 144 heavy (non-hydrogen) atoms.